The van der Waals surface area contributed by atoms with Gasteiger partial charge in [0.2, 0.25) is 0 Å². The fourth-order valence-corrected chi connectivity index (χ4v) is 3.79. The van der Waals surface area contributed by atoms with Crippen LogP contribution in [-0.2, 0) is 0 Å². The molecule has 1 saturated heterocycles. The highest BCUT2D eigenvalue weighted by Gasteiger charge is 2.21. The lowest BCUT2D eigenvalue weighted by atomic mass is 10.0. The number of nitrogens with one attached hydrogen (secondary N) is 2. The number of guanidine groups is 1. The number of hydrogen-bond donors (Lipinski definition) is 3. The molecule has 0 radical (unpaired) electrons. The summed E-state index contributed by atoms with van der Waals surface area (Å²) in [6, 6.07) is 16.2. The zero-order chi connectivity index (χ0) is 22.1. The van der Waals surface area contributed by atoms with Gasteiger partial charge in [-0.1, -0.05) is 18.2 Å². The van der Waals surface area contributed by atoms with Crippen LogP contribution >= 0.6 is 0 Å². The van der Waals surface area contributed by atoms with E-state index in [2.05, 4.69) is 44.8 Å². The SMILES string of the molecule is CCNC(=NCC(O)c1cc(OC)cc(OC)c1)NC1CCCN(c2ccccc2)C1. The van der Waals surface area contributed by atoms with Gasteiger partial charge in [-0.3, -0.25) is 4.99 Å². The zero-order valence-corrected chi connectivity index (χ0v) is 18.7. The number of methoxy groups -OCH3 is 2. The first kappa shape index (κ1) is 22.7. The number of aliphatic hydroxyl groups is 1. The summed E-state index contributed by atoms with van der Waals surface area (Å²) in [5.41, 5.74) is 1.96. The van der Waals surface area contributed by atoms with Crippen LogP contribution in [0.5, 0.6) is 11.5 Å². The van der Waals surface area contributed by atoms with Crippen molar-refractivity contribution in [2.75, 3.05) is 45.3 Å². The Morgan fingerprint density at radius 2 is 1.87 bits per heavy atom. The van der Waals surface area contributed by atoms with Gasteiger partial charge in [-0.05, 0) is 49.6 Å². The van der Waals surface area contributed by atoms with Crippen molar-refractivity contribution >= 4 is 11.6 Å². The standard InChI is InChI=1S/C24H34N4O3/c1-4-25-24(26-16-23(29)18-13-21(30-2)15-22(14-18)31-3)27-19-9-8-12-28(17-19)20-10-6-5-7-11-20/h5-7,10-11,13-15,19,23,29H,4,8-9,12,16-17H2,1-3H3,(H2,25,26,27). The Morgan fingerprint density at radius 3 is 2.52 bits per heavy atom. The van der Waals surface area contributed by atoms with Crippen LogP contribution in [0.25, 0.3) is 0 Å². The van der Waals surface area contributed by atoms with E-state index in [1.807, 2.05) is 25.1 Å². The topological polar surface area (TPSA) is 78.4 Å². The molecule has 1 heterocycles. The van der Waals surface area contributed by atoms with E-state index in [0.29, 0.717) is 23.1 Å². The molecule has 2 aromatic carbocycles. The van der Waals surface area contributed by atoms with E-state index in [4.69, 9.17) is 9.47 Å². The van der Waals surface area contributed by atoms with Gasteiger partial charge in [-0.2, -0.15) is 0 Å². The van der Waals surface area contributed by atoms with Crippen LogP contribution in [-0.4, -0.2) is 57.5 Å². The van der Waals surface area contributed by atoms with Gasteiger partial charge < -0.3 is 30.1 Å². The fourth-order valence-electron chi connectivity index (χ4n) is 3.79. The van der Waals surface area contributed by atoms with E-state index in [-0.39, 0.29) is 6.54 Å². The Bertz CT molecular complexity index is 822. The first-order valence-corrected chi connectivity index (χ1v) is 10.9. The summed E-state index contributed by atoms with van der Waals surface area (Å²) in [4.78, 5) is 7.04. The molecule has 0 amide bonds. The lowest BCUT2D eigenvalue weighted by molar-refractivity contribution is 0.186. The van der Waals surface area contributed by atoms with Crippen molar-refractivity contribution in [3.05, 3.63) is 54.1 Å². The molecule has 0 bridgehead atoms. The summed E-state index contributed by atoms with van der Waals surface area (Å²) >= 11 is 0. The molecule has 1 aliphatic heterocycles. The van der Waals surface area contributed by atoms with Crippen LogP contribution in [0.15, 0.2) is 53.5 Å². The molecule has 1 fully saturated rings. The second-order valence-corrected chi connectivity index (χ2v) is 7.65. The number of hydrogen-bond acceptors (Lipinski definition) is 5. The lowest BCUT2D eigenvalue weighted by Crippen LogP contribution is -2.51. The first-order chi connectivity index (χ1) is 15.1. The normalized spacial score (nSPS) is 17.7. The second-order valence-electron chi connectivity index (χ2n) is 7.65. The smallest absolute Gasteiger partial charge is 0.191 e. The number of anilines is 1. The summed E-state index contributed by atoms with van der Waals surface area (Å²) in [6.07, 6.45) is 1.45. The molecule has 2 aromatic rings. The number of nitrogens with zero attached hydrogens (tertiary/aromatic N) is 2. The number of para-hydroxylation sites is 1. The maximum absolute atomic E-state index is 10.7. The summed E-state index contributed by atoms with van der Waals surface area (Å²) in [7, 11) is 3.19. The minimum atomic E-state index is -0.758. The maximum Gasteiger partial charge on any atom is 0.191 e. The van der Waals surface area contributed by atoms with Gasteiger partial charge in [0.1, 0.15) is 11.5 Å². The largest absolute Gasteiger partial charge is 0.497 e. The Kier molecular flexibility index (Phi) is 8.41. The molecule has 1 aliphatic rings. The number of benzene rings is 2. The summed E-state index contributed by atoms with van der Waals surface area (Å²) in [5.74, 6) is 2.01. The van der Waals surface area contributed by atoms with Crippen LogP contribution in [0.3, 0.4) is 0 Å². The Balaban J connectivity index is 1.64. The molecule has 7 heteroatoms. The van der Waals surface area contributed by atoms with E-state index in [1.54, 1.807) is 20.3 Å². The summed E-state index contributed by atoms with van der Waals surface area (Å²) < 4.78 is 10.6. The molecule has 3 rings (SSSR count). The highest BCUT2D eigenvalue weighted by atomic mass is 16.5. The highest BCUT2D eigenvalue weighted by Crippen LogP contribution is 2.26. The van der Waals surface area contributed by atoms with Crippen molar-refractivity contribution in [3.8, 4) is 11.5 Å². The van der Waals surface area contributed by atoms with Gasteiger partial charge in [0, 0.05) is 37.4 Å². The van der Waals surface area contributed by atoms with Crippen molar-refractivity contribution in [2.45, 2.75) is 31.9 Å². The van der Waals surface area contributed by atoms with Crippen LogP contribution in [0, 0.1) is 0 Å². The van der Waals surface area contributed by atoms with E-state index < -0.39 is 6.10 Å². The third kappa shape index (κ3) is 6.52. The molecule has 0 spiro atoms. The van der Waals surface area contributed by atoms with Crippen molar-refractivity contribution in [2.24, 2.45) is 4.99 Å². The number of ether oxygens (including phenoxy) is 2. The molecule has 0 aromatic heterocycles. The van der Waals surface area contributed by atoms with Gasteiger partial charge >= 0.3 is 0 Å². The van der Waals surface area contributed by atoms with Gasteiger partial charge in [0.05, 0.1) is 26.9 Å². The van der Waals surface area contributed by atoms with Crippen molar-refractivity contribution in [1.82, 2.24) is 10.6 Å². The highest BCUT2D eigenvalue weighted by molar-refractivity contribution is 5.80. The van der Waals surface area contributed by atoms with Gasteiger partial charge in [0.25, 0.3) is 0 Å². The fraction of sp³-hybridized carbons (Fsp3) is 0.458. The Hall–Kier alpha value is -2.93. The number of rotatable bonds is 8. The van der Waals surface area contributed by atoms with Crippen molar-refractivity contribution in [1.29, 1.82) is 0 Å². The van der Waals surface area contributed by atoms with E-state index in [9.17, 15) is 5.11 Å². The predicted octanol–water partition coefficient (Wildman–Crippen LogP) is 2.96. The van der Waals surface area contributed by atoms with E-state index in [0.717, 1.165) is 38.4 Å². The molecular formula is C24H34N4O3. The third-order valence-electron chi connectivity index (χ3n) is 5.41. The molecule has 2 atom stereocenters. The van der Waals surface area contributed by atoms with Crippen LogP contribution in [0.2, 0.25) is 0 Å². The molecule has 31 heavy (non-hydrogen) atoms. The predicted molar refractivity (Wildman–Crippen MR) is 125 cm³/mol. The number of aliphatic imine (C=N–C) groups is 1. The molecule has 2 unspecified atom stereocenters. The van der Waals surface area contributed by atoms with Gasteiger partial charge in [-0.25, -0.2) is 0 Å². The average Bonchev–Trinajstić information content (AvgIpc) is 2.82. The van der Waals surface area contributed by atoms with Crippen LogP contribution < -0.4 is 25.0 Å². The molecule has 0 aliphatic carbocycles. The Morgan fingerprint density at radius 1 is 1.16 bits per heavy atom. The molecule has 0 saturated carbocycles. The van der Waals surface area contributed by atoms with Crippen LogP contribution in [0.4, 0.5) is 5.69 Å². The lowest BCUT2D eigenvalue weighted by Gasteiger charge is -2.35. The second kappa shape index (κ2) is 11.5. The van der Waals surface area contributed by atoms with Crippen LogP contribution in [0.1, 0.15) is 31.4 Å². The number of piperidine rings is 1. The van der Waals surface area contributed by atoms with E-state index >= 15 is 0 Å². The Labute approximate surface area is 185 Å². The van der Waals surface area contributed by atoms with Crippen molar-refractivity contribution in [3.63, 3.8) is 0 Å². The first-order valence-electron chi connectivity index (χ1n) is 10.9. The summed E-state index contributed by atoms with van der Waals surface area (Å²) in [5, 5.41) is 17.5. The molecule has 3 N–H and O–H groups in total. The van der Waals surface area contributed by atoms with Gasteiger partial charge in [-0.15, -0.1) is 0 Å². The van der Waals surface area contributed by atoms with Crippen molar-refractivity contribution < 1.29 is 14.6 Å². The molecule has 7 nitrogen and oxygen atoms in total. The summed E-state index contributed by atoms with van der Waals surface area (Å²) in [6.45, 7) is 5.01. The van der Waals surface area contributed by atoms with Gasteiger partial charge in [0.15, 0.2) is 5.96 Å². The third-order valence-corrected chi connectivity index (χ3v) is 5.41. The zero-order valence-electron chi connectivity index (χ0n) is 18.7. The maximum atomic E-state index is 10.7. The minimum absolute atomic E-state index is 0.237. The number of aliphatic hydroxyl groups excluding tert-OH is 1. The van der Waals surface area contributed by atoms with E-state index in [1.165, 1.54) is 5.69 Å². The molecule has 168 valence electrons. The molecular weight excluding hydrogens is 392 g/mol. The average molecular weight is 427 g/mol. The monoisotopic (exact) mass is 426 g/mol. The minimum Gasteiger partial charge on any atom is -0.497 e. The quantitative estimate of drug-likeness (QED) is 0.445.